The lowest BCUT2D eigenvalue weighted by atomic mass is 9.93. The van der Waals surface area contributed by atoms with Crippen molar-refractivity contribution in [2.75, 3.05) is 50.8 Å². The highest BCUT2D eigenvalue weighted by molar-refractivity contribution is 5.94. The van der Waals surface area contributed by atoms with Crippen LogP contribution < -0.4 is 9.64 Å². The summed E-state index contributed by atoms with van der Waals surface area (Å²) in [5, 5.41) is 0.192. The third kappa shape index (κ3) is 4.63. The molecule has 5 atom stereocenters. The maximum Gasteiger partial charge on any atom is 0.319 e. The predicted molar refractivity (Wildman–Crippen MR) is 167 cm³/mol. The number of anilines is 1. The Morgan fingerprint density at radius 3 is 2.91 bits per heavy atom. The minimum atomic E-state index is -0.937. The van der Waals surface area contributed by atoms with Crippen LogP contribution in [0.2, 0.25) is 0 Å². The molecule has 0 radical (unpaired) electrons. The first-order valence-electron chi connectivity index (χ1n) is 16.1. The van der Waals surface area contributed by atoms with E-state index in [4.69, 9.17) is 16.3 Å². The summed E-state index contributed by atoms with van der Waals surface area (Å²) in [5.74, 6) is -0.458. The number of hydrogen-bond acceptors (Lipinski definition) is 6. The monoisotopic (exact) mass is 628 g/mol. The van der Waals surface area contributed by atoms with Gasteiger partial charge < -0.3 is 19.4 Å². The van der Waals surface area contributed by atoms with E-state index < -0.39 is 29.4 Å². The SMILES string of the molecule is [C-]#[N+]C[C@H]1CN(c2nc(OC[C@@]34CCCN3C[C@H](F)C4)nc3c(F)c(-c4cccc5c4C[C@@H]4C[C@H]54)c(F)cc23)CCN1C(=O)C=C. The summed E-state index contributed by atoms with van der Waals surface area (Å²) in [6.07, 6.45) is 4.31. The molecule has 2 aromatic carbocycles. The molecule has 0 spiro atoms. The van der Waals surface area contributed by atoms with Crippen molar-refractivity contribution in [2.45, 2.75) is 55.8 Å². The molecule has 1 aromatic heterocycles. The van der Waals surface area contributed by atoms with E-state index in [9.17, 15) is 9.18 Å². The van der Waals surface area contributed by atoms with Crippen LogP contribution in [0.25, 0.3) is 26.9 Å². The molecule has 5 aliphatic rings. The number of halogens is 3. The second-order valence-corrected chi connectivity index (χ2v) is 13.5. The minimum Gasteiger partial charge on any atom is -0.461 e. The molecule has 1 amide bonds. The molecule has 0 N–H and O–H groups in total. The molecule has 1 saturated carbocycles. The van der Waals surface area contributed by atoms with Crippen molar-refractivity contribution in [2.24, 2.45) is 5.92 Å². The number of nitrogens with zero attached hydrogens (tertiary/aromatic N) is 6. The van der Waals surface area contributed by atoms with Gasteiger partial charge in [-0.1, -0.05) is 24.8 Å². The molecule has 4 heterocycles. The third-order valence-corrected chi connectivity index (χ3v) is 10.9. The first-order valence-corrected chi connectivity index (χ1v) is 16.1. The van der Waals surface area contributed by atoms with Gasteiger partial charge in [-0.2, -0.15) is 9.97 Å². The molecule has 8 rings (SSSR count). The lowest BCUT2D eigenvalue weighted by Gasteiger charge is -2.39. The largest absolute Gasteiger partial charge is 0.461 e. The highest BCUT2D eigenvalue weighted by atomic mass is 19.1. The highest BCUT2D eigenvalue weighted by Gasteiger charge is 2.50. The number of carbonyl (C=O) groups is 1. The fourth-order valence-corrected chi connectivity index (χ4v) is 8.61. The van der Waals surface area contributed by atoms with Gasteiger partial charge in [0.05, 0.1) is 11.1 Å². The van der Waals surface area contributed by atoms with Crippen LogP contribution in [0.1, 0.15) is 42.7 Å². The van der Waals surface area contributed by atoms with Gasteiger partial charge in [-0.05, 0) is 72.9 Å². The summed E-state index contributed by atoms with van der Waals surface area (Å²) in [5.41, 5.74) is 2.10. The maximum atomic E-state index is 16.8. The molecule has 2 aliphatic carbocycles. The molecule has 3 aromatic rings. The Balaban J connectivity index is 1.22. The normalized spacial score (nSPS) is 28.1. The molecule has 238 valence electrons. The Kier molecular flexibility index (Phi) is 6.98. The number of ether oxygens (including phenoxy) is 1. The van der Waals surface area contributed by atoms with Crippen molar-refractivity contribution in [1.82, 2.24) is 19.8 Å². The second kappa shape index (κ2) is 11.0. The minimum absolute atomic E-state index is 0.0547. The summed E-state index contributed by atoms with van der Waals surface area (Å²) in [6.45, 7) is 13.3. The lowest BCUT2D eigenvalue weighted by molar-refractivity contribution is -0.128. The van der Waals surface area contributed by atoms with Gasteiger partial charge in [-0.15, -0.1) is 0 Å². The van der Waals surface area contributed by atoms with Crippen molar-refractivity contribution in [3.8, 4) is 17.1 Å². The van der Waals surface area contributed by atoms with Crippen LogP contribution >= 0.6 is 0 Å². The fourth-order valence-electron chi connectivity index (χ4n) is 8.61. The van der Waals surface area contributed by atoms with Gasteiger partial charge in [0.25, 0.3) is 0 Å². The number of fused-ring (bicyclic) bond motifs is 5. The van der Waals surface area contributed by atoms with E-state index in [-0.39, 0.29) is 60.4 Å². The maximum absolute atomic E-state index is 16.8. The molecule has 8 nitrogen and oxygen atoms in total. The lowest BCUT2D eigenvalue weighted by Crippen LogP contribution is -2.56. The van der Waals surface area contributed by atoms with Crippen LogP contribution in [0, 0.1) is 24.1 Å². The Hall–Kier alpha value is -4.17. The van der Waals surface area contributed by atoms with Crippen LogP contribution in [0.4, 0.5) is 19.0 Å². The summed E-state index contributed by atoms with van der Waals surface area (Å²) in [7, 11) is 0. The van der Waals surface area contributed by atoms with E-state index in [1.807, 2.05) is 11.0 Å². The third-order valence-electron chi connectivity index (χ3n) is 10.9. The average molecular weight is 629 g/mol. The Bertz CT molecular complexity index is 1810. The Labute approximate surface area is 265 Å². The molecular formula is C35H35F3N6O2. The molecule has 3 aliphatic heterocycles. The number of amides is 1. The smallest absolute Gasteiger partial charge is 0.319 e. The first-order chi connectivity index (χ1) is 22.3. The standard InChI is InChI=1S/C35H35F3N6O2/c1-3-29(45)44-11-10-42(18-22(44)16-39-2)33-27-14-28(37)30(24-7-4-6-23-25-12-20(25)13-26(23)24)31(38)32(27)40-34(41-33)46-19-35-8-5-9-43(35)17-21(36)15-35/h3-4,6-7,14,20-22,25H,1,5,8-13,15-19H2/t20-,21+,22-,25-,35-/m0/s1. The topological polar surface area (TPSA) is 66.2 Å². The number of alkyl halides is 1. The summed E-state index contributed by atoms with van der Waals surface area (Å²) >= 11 is 0. The zero-order valence-corrected chi connectivity index (χ0v) is 25.5. The Morgan fingerprint density at radius 1 is 1.22 bits per heavy atom. The molecule has 4 fully saturated rings. The number of aromatic nitrogens is 2. The van der Waals surface area contributed by atoms with Gasteiger partial charge >= 0.3 is 6.01 Å². The molecule has 11 heteroatoms. The first kappa shape index (κ1) is 29.2. The predicted octanol–water partition coefficient (Wildman–Crippen LogP) is 5.31. The highest BCUT2D eigenvalue weighted by Crippen LogP contribution is 2.58. The van der Waals surface area contributed by atoms with Gasteiger partial charge in [0.1, 0.15) is 36.0 Å². The van der Waals surface area contributed by atoms with Gasteiger partial charge in [-0.25, -0.2) is 19.7 Å². The van der Waals surface area contributed by atoms with Crippen molar-refractivity contribution in [3.63, 3.8) is 0 Å². The summed E-state index contributed by atoms with van der Waals surface area (Å²) < 4.78 is 53.6. The number of rotatable bonds is 7. The average Bonchev–Trinajstić information content (AvgIpc) is 3.39. The molecule has 3 saturated heterocycles. The van der Waals surface area contributed by atoms with Crippen LogP contribution in [-0.4, -0.2) is 89.3 Å². The molecule has 0 bridgehead atoms. The van der Waals surface area contributed by atoms with Crippen LogP contribution in [0.5, 0.6) is 6.01 Å². The van der Waals surface area contributed by atoms with E-state index in [0.717, 1.165) is 37.8 Å². The van der Waals surface area contributed by atoms with Gasteiger partial charge in [-0.3, -0.25) is 9.69 Å². The van der Waals surface area contributed by atoms with Crippen LogP contribution in [-0.2, 0) is 11.2 Å². The summed E-state index contributed by atoms with van der Waals surface area (Å²) in [4.78, 5) is 30.9. The van der Waals surface area contributed by atoms with Crippen molar-refractivity contribution in [1.29, 1.82) is 0 Å². The number of piperazine rings is 1. The molecule has 0 unspecified atom stereocenters. The van der Waals surface area contributed by atoms with Crippen molar-refractivity contribution >= 4 is 22.6 Å². The second-order valence-electron chi connectivity index (χ2n) is 13.5. The van der Waals surface area contributed by atoms with Gasteiger partial charge in [0.2, 0.25) is 12.5 Å². The van der Waals surface area contributed by atoms with Crippen LogP contribution in [0.15, 0.2) is 36.9 Å². The van der Waals surface area contributed by atoms with E-state index in [1.54, 1.807) is 11.0 Å². The number of carbonyl (C=O) groups excluding carboxylic acids is 1. The molecular weight excluding hydrogens is 593 g/mol. The zero-order valence-electron chi connectivity index (χ0n) is 25.5. The van der Waals surface area contributed by atoms with E-state index >= 15 is 8.78 Å². The number of hydrogen-bond donors (Lipinski definition) is 0. The fraction of sp³-hybridized carbons (Fsp3) is 0.486. The quantitative estimate of drug-likeness (QED) is 0.261. The Morgan fingerprint density at radius 2 is 2.09 bits per heavy atom. The number of benzene rings is 2. The van der Waals surface area contributed by atoms with Gasteiger partial charge in [0.15, 0.2) is 5.82 Å². The zero-order chi connectivity index (χ0) is 31.7. The van der Waals surface area contributed by atoms with E-state index in [1.165, 1.54) is 17.7 Å². The van der Waals surface area contributed by atoms with Crippen LogP contribution in [0.3, 0.4) is 0 Å². The molecule has 46 heavy (non-hydrogen) atoms. The van der Waals surface area contributed by atoms with Crippen molar-refractivity contribution in [3.05, 3.63) is 71.1 Å². The van der Waals surface area contributed by atoms with Crippen molar-refractivity contribution < 1.29 is 22.7 Å². The van der Waals surface area contributed by atoms with E-state index in [0.29, 0.717) is 36.9 Å². The van der Waals surface area contributed by atoms with E-state index in [2.05, 4.69) is 27.4 Å². The summed E-state index contributed by atoms with van der Waals surface area (Å²) in [6, 6.07) is 6.48. The van der Waals surface area contributed by atoms with Gasteiger partial charge in [0, 0.05) is 38.0 Å².